The molecule has 0 saturated heterocycles. The van der Waals surface area contributed by atoms with E-state index in [2.05, 4.69) is 0 Å². The molecule has 2 heterocycles. The summed E-state index contributed by atoms with van der Waals surface area (Å²) < 4.78 is 15.6. The second-order valence-corrected chi connectivity index (χ2v) is 2.61. The number of rotatable bonds is 0. The molecule has 0 aromatic carbocycles. The van der Waals surface area contributed by atoms with E-state index < -0.39 is 0 Å². The van der Waals surface area contributed by atoms with Gasteiger partial charge in [-0.3, -0.25) is 0 Å². The molecule has 2 rings (SSSR count). The monoisotopic (exact) mass is 154 g/mol. The van der Waals surface area contributed by atoms with Gasteiger partial charge in [0.05, 0.1) is 25.7 Å². The Morgan fingerprint density at radius 3 is 2.27 bits per heavy atom. The number of ether oxygens (including phenoxy) is 2. The van der Waals surface area contributed by atoms with E-state index in [4.69, 9.17) is 13.9 Å². The Balaban J connectivity index is 2.20. The Kier molecular flexibility index (Phi) is 1.68. The molecule has 11 heavy (non-hydrogen) atoms. The van der Waals surface area contributed by atoms with Gasteiger partial charge in [0.2, 0.25) is 0 Å². The lowest BCUT2D eigenvalue weighted by Crippen LogP contribution is -2.08. The second-order valence-electron chi connectivity index (χ2n) is 2.61. The molecular weight excluding hydrogens is 144 g/mol. The third-order valence-corrected chi connectivity index (χ3v) is 1.78. The Labute approximate surface area is 64.9 Å². The summed E-state index contributed by atoms with van der Waals surface area (Å²) in [5.41, 5.74) is 2.18. The second kappa shape index (κ2) is 2.68. The van der Waals surface area contributed by atoms with Gasteiger partial charge in [-0.25, -0.2) is 0 Å². The molecule has 0 unspecified atom stereocenters. The van der Waals surface area contributed by atoms with Crippen LogP contribution in [-0.4, -0.2) is 6.29 Å². The van der Waals surface area contributed by atoms with Crippen LogP contribution < -0.4 is 0 Å². The van der Waals surface area contributed by atoms with Gasteiger partial charge < -0.3 is 13.9 Å². The van der Waals surface area contributed by atoms with Gasteiger partial charge >= 0.3 is 0 Å². The fraction of sp³-hybridized carbons (Fsp3) is 0.500. The van der Waals surface area contributed by atoms with Crippen LogP contribution in [0.1, 0.15) is 18.1 Å². The van der Waals surface area contributed by atoms with Crippen molar-refractivity contribution in [3.05, 3.63) is 23.7 Å². The largest absolute Gasteiger partial charge is 0.472 e. The highest BCUT2D eigenvalue weighted by atomic mass is 16.7. The summed E-state index contributed by atoms with van der Waals surface area (Å²) in [5.74, 6) is 0. The van der Waals surface area contributed by atoms with E-state index >= 15 is 0 Å². The third-order valence-electron chi connectivity index (χ3n) is 1.78. The van der Waals surface area contributed by atoms with E-state index in [9.17, 15) is 0 Å². The Bertz CT molecular complexity index is 219. The zero-order valence-corrected chi connectivity index (χ0v) is 6.37. The first kappa shape index (κ1) is 6.88. The molecule has 1 aliphatic heterocycles. The summed E-state index contributed by atoms with van der Waals surface area (Å²) in [6, 6.07) is 0. The summed E-state index contributed by atoms with van der Waals surface area (Å²) in [5, 5.41) is 0. The molecule has 0 radical (unpaired) electrons. The van der Waals surface area contributed by atoms with Crippen molar-refractivity contribution < 1.29 is 13.9 Å². The van der Waals surface area contributed by atoms with Crippen LogP contribution in [0.15, 0.2) is 16.9 Å². The zero-order chi connectivity index (χ0) is 7.68. The number of furan rings is 1. The average molecular weight is 154 g/mol. The minimum Gasteiger partial charge on any atom is -0.472 e. The lowest BCUT2D eigenvalue weighted by molar-refractivity contribution is -0.136. The highest BCUT2D eigenvalue weighted by Gasteiger charge is 2.13. The average Bonchev–Trinajstić information content (AvgIpc) is 2.38. The predicted octanol–water partition coefficient (Wildman–Crippen LogP) is 1.67. The Hall–Kier alpha value is -0.800. The molecule has 1 aliphatic rings. The predicted molar refractivity (Wildman–Crippen MR) is 37.7 cm³/mol. The maximum absolute atomic E-state index is 5.31. The van der Waals surface area contributed by atoms with Crippen molar-refractivity contribution in [1.82, 2.24) is 0 Å². The summed E-state index contributed by atoms with van der Waals surface area (Å²) in [6.45, 7) is 3.07. The van der Waals surface area contributed by atoms with E-state index in [0.29, 0.717) is 13.2 Å². The molecular formula is C8H10O3. The zero-order valence-electron chi connectivity index (χ0n) is 6.37. The van der Waals surface area contributed by atoms with Crippen LogP contribution in [-0.2, 0) is 22.7 Å². The van der Waals surface area contributed by atoms with Crippen LogP contribution >= 0.6 is 0 Å². The van der Waals surface area contributed by atoms with E-state index in [-0.39, 0.29) is 6.29 Å². The SMILES string of the molecule is CC1OCc2cocc2CO1. The van der Waals surface area contributed by atoms with Crippen molar-refractivity contribution in [2.75, 3.05) is 0 Å². The molecule has 0 atom stereocenters. The van der Waals surface area contributed by atoms with Gasteiger partial charge in [0.1, 0.15) is 0 Å². The molecule has 0 amide bonds. The van der Waals surface area contributed by atoms with Gasteiger partial charge in [-0.1, -0.05) is 0 Å². The van der Waals surface area contributed by atoms with Gasteiger partial charge in [-0.15, -0.1) is 0 Å². The van der Waals surface area contributed by atoms with Crippen molar-refractivity contribution in [3.8, 4) is 0 Å². The van der Waals surface area contributed by atoms with E-state index in [1.54, 1.807) is 12.5 Å². The van der Waals surface area contributed by atoms with Crippen molar-refractivity contribution in [1.29, 1.82) is 0 Å². The molecule has 1 aromatic rings. The first-order valence-electron chi connectivity index (χ1n) is 3.63. The van der Waals surface area contributed by atoms with Crippen LogP contribution in [0.3, 0.4) is 0 Å². The van der Waals surface area contributed by atoms with Crippen LogP contribution in [0.2, 0.25) is 0 Å². The van der Waals surface area contributed by atoms with E-state index in [0.717, 1.165) is 11.1 Å². The molecule has 0 spiro atoms. The van der Waals surface area contributed by atoms with Crippen molar-refractivity contribution >= 4 is 0 Å². The first-order valence-corrected chi connectivity index (χ1v) is 3.63. The van der Waals surface area contributed by atoms with Crippen molar-refractivity contribution in [3.63, 3.8) is 0 Å². The van der Waals surface area contributed by atoms with Gasteiger partial charge in [0, 0.05) is 11.1 Å². The lowest BCUT2D eigenvalue weighted by atomic mass is 10.2. The molecule has 1 aromatic heterocycles. The van der Waals surface area contributed by atoms with Gasteiger partial charge in [0.25, 0.3) is 0 Å². The van der Waals surface area contributed by atoms with E-state index in [1.165, 1.54) is 0 Å². The summed E-state index contributed by atoms with van der Waals surface area (Å²) >= 11 is 0. The van der Waals surface area contributed by atoms with Crippen LogP contribution in [0, 0.1) is 0 Å². The number of hydrogen-bond donors (Lipinski definition) is 0. The summed E-state index contributed by atoms with van der Waals surface area (Å²) in [4.78, 5) is 0. The fourth-order valence-corrected chi connectivity index (χ4v) is 1.07. The summed E-state index contributed by atoms with van der Waals surface area (Å²) in [6.07, 6.45) is 3.30. The highest BCUT2D eigenvalue weighted by Crippen LogP contribution is 2.18. The normalized spacial score (nSPS) is 19.4. The molecule has 0 saturated carbocycles. The number of fused-ring (bicyclic) bond motifs is 1. The maximum atomic E-state index is 5.31. The van der Waals surface area contributed by atoms with Gasteiger partial charge in [-0.2, -0.15) is 0 Å². The minimum atomic E-state index is -0.109. The standard InChI is InChI=1S/C8H10O3/c1-6-10-4-7-2-9-3-8(7)5-11-6/h2-3,6H,4-5H2,1H3. The maximum Gasteiger partial charge on any atom is 0.155 e. The fourth-order valence-electron chi connectivity index (χ4n) is 1.07. The van der Waals surface area contributed by atoms with E-state index in [1.807, 2.05) is 6.92 Å². The van der Waals surface area contributed by atoms with Crippen molar-refractivity contribution in [2.45, 2.75) is 26.4 Å². The minimum absolute atomic E-state index is 0.109. The Morgan fingerprint density at radius 2 is 1.73 bits per heavy atom. The van der Waals surface area contributed by atoms with Crippen LogP contribution in [0.25, 0.3) is 0 Å². The molecule has 0 fully saturated rings. The lowest BCUT2D eigenvalue weighted by Gasteiger charge is -2.07. The van der Waals surface area contributed by atoms with Gasteiger partial charge in [0.15, 0.2) is 6.29 Å². The molecule has 0 aliphatic carbocycles. The number of hydrogen-bond acceptors (Lipinski definition) is 3. The quantitative estimate of drug-likeness (QED) is 0.569. The van der Waals surface area contributed by atoms with Crippen LogP contribution in [0.4, 0.5) is 0 Å². The Morgan fingerprint density at radius 1 is 1.18 bits per heavy atom. The molecule has 3 nitrogen and oxygen atoms in total. The van der Waals surface area contributed by atoms with Crippen molar-refractivity contribution in [2.24, 2.45) is 0 Å². The topological polar surface area (TPSA) is 31.6 Å². The highest BCUT2D eigenvalue weighted by molar-refractivity contribution is 5.19. The summed E-state index contributed by atoms with van der Waals surface area (Å²) in [7, 11) is 0. The van der Waals surface area contributed by atoms with Gasteiger partial charge in [-0.05, 0) is 6.92 Å². The molecule has 0 N–H and O–H groups in total. The molecule has 60 valence electrons. The third kappa shape index (κ3) is 1.29. The smallest absolute Gasteiger partial charge is 0.155 e. The molecule has 3 heteroatoms. The molecule has 0 bridgehead atoms. The first-order chi connectivity index (χ1) is 5.36. The van der Waals surface area contributed by atoms with Crippen LogP contribution in [0.5, 0.6) is 0 Å².